The zero-order valence-electron chi connectivity index (χ0n) is 10.7. The molecule has 1 aromatic carbocycles. The van der Waals surface area contributed by atoms with Gasteiger partial charge in [0.15, 0.2) is 0 Å². The molecule has 1 fully saturated rings. The van der Waals surface area contributed by atoms with Crippen LogP contribution >= 0.6 is 0 Å². The van der Waals surface area contributed by atoms with Gasteiger partial charge in [0.25, 0.3) is 5.91 Å². The highest BCUT2D eigenvalue weighted by atomic mass is 16.2. The molecular weight excluding hydrogens is 212 g/mol. The number of carbonyl (C=O) groups is 1. The molecule has 1 amide bonds. The van der Waals surface area contributed by atoms with Crippen molar-refractivity contribution in [1.29, 1.82) is 0 Å². The van der Waals surface area contributed by atoms with Crippen molar-refractivity contribution < 1.29 is 4.79 Å². The standard InChI is InChI=1S/C14H20N2O/c1-10-8-14(2,3)16(9-10)13(17)11-5-4-6-12(15)7-11/h4-7,10H,8-9,15H2,1-3H3. The Bertz CT molecular complexity index is 440. The van der Waals surface area contributed by atoms with Crippen molar-refractivity contribution in [3.8, 4) is 0 Å². The second-order valence-electron chi connectivity index (χ2n) is 5.66. The number of hydrogen-bond donors (Lipinski definition) is 1. The fourth-order valence-electron chi connectivity index (χ4n) is 2.77. The molecule has 0 bridgehead atoms. The third-order valence-electron chi connectivity index (χ3n) is 3.45. The summed E-state index contributed by atoms with van der Waals surface area (Å²) in [4.78, 5) is 14.4. The monoisotopic (exact) mass is 232 g/mol. The third kappa shape index (κ3) is 2.28. The van der Waals surface area contributed by atoms with Crippen LogP contribution in [-0.2, 0) is 0 Å². The summed E-state index contributed by atoms with van der Waals surface area (Å²) >= 11 is 0. The molecule has 1 aromatic rings. The van der Waals surface area contributed by atoms with Crippen LogP contribution in [0.4, 0.5) is 5.69 Å². The van der Waals surface area contributed by atoms with Gasteiger partial charge in [-0.25, -0.2) is 0 Å². The number of nitrogens with zero attached hydrogens (tertiary/aromatic N) is 1. The Morgan fingerprint density at radius 2 is 2.18 bits per heavy atom. The summed E-state index contributed by atoms with van der Waals surface area (Å²) in [5.74, 6) is 0.654. The van der Waals surface area contributed by atoms with E-state index in [2.05, 4.69) is 20.8 Å². The number of nitrogens with two attached hydrogens (primary N) is 1. The lowest BCUT2D eigenvalue weighted by atomic mass is 9.97. The fourth-order valence-corrected chi connectivity index (χ4v) is 2.77. The Hall–Kier alpha value is -1.51. The molecule has 3 heteroatoms. The maximum atomic E-state index is 12.4. The first-order chi connectivity index (χ1) is 7.90. The van der Waals surface area contributed by atoms with E-state index in [-0.39, 0.29) is 11.4 Å². The minimum atomic E-state index is -0.0545. The predicted molar refractivity (Wildman–Crippen MR) is 69.8 cm³/mol. The highest BCUT2D eigenvalue weighted by Crippen LogP contribution is 2.33. The van der Waals surface area contributed by atoms with Crippen molar-refractivity contribution in [3.63, 3.8) is 0 Å². The summed E-state index contributed by atoms with van der Waals surface area (Å²) in [6, 6.07) is 7.21. The molecule has 3 nitrogen and oxygen atoms in total. The number of carbonyl (C=O) groups excluding carboxylic acids is 1. The zero-order valence-corrected chi connectivity index (χ0v) is 10.7. The van der Waals surface area contributed by atoms with Crippen molar-refractivity contribution in [2.45, 2.75) is 32.7 Å². The van der Waals surface area contributed by atoms with Gasteiger partial charge in [0.2, 0.25) is 0 Å². The molecule has 17 heavy (non-hydrogen) atoms. The third-order valence-corrected chi connectivity index (χ3v) is 3.45. The van der Waals surface area contributed by atoms with Crippen LogP contribution in [-0.4, -0.2) is 22.9 Å². The first-order valence-corrected chi connectivity index (χ1v) is 6.08. The Labute approximate surface area is 103 Å². The summed E-state index contributed by atoms with van der Waals surface area (Å²) in [5.41, 5.74) is 6.99. The zero-order chi connectivity index (χ0) is 12.6. The highest BCUT2D eigenvalue weighted by molar-refractivity contribution is 5.95. The molecule has 0 radical (unpaired) electrons. The van der Waals surface area contributed by atoms with Crippen LogP contribution in [0.1, 0.15) is 37.6 Å². The van der Waals surface area contributed by atoms with Crippen LogP contribution in [0.5, 0.6) is 0 Å². The second kappa shape index (κ2) is 4.06. The molecule has 0 aliphatic carbocycles. The lowest BCUT2D eigenvalue weighted by molar-refractivity contribution is 0.0650. The van der Waals surface area contributed by atoms with E-state index in [4.69, 9.17) is 5.73 Å². The molecule has 2 N–H and O–H groups in total. The average molecular weight is 232 g/mol. The van der Waals surface area contributed by atoms with Gasteiger partial charge in [-0.2, -0.15) is 0 Å². The van der Waals surface area contributed by atoms with Gasteiger partial charge in [-0.1, -0.05) is 13.0 Å². The summed E-state index contributed by atoms with van der Waals surface area (Å²) in [5, 5.41) is 0. The molecule has 92 valence electrons. The first kappa shape index (κ1) is 12.0. The number of rotatable bonds is 1. The number of anilines is 1. The van der Waals surface area contributed by atoms with E-state index in [1.165, 1.54) is 0 Å². The molecule has 1 aliphatic heterocycles. The molecule has 2 rings (SSSR count). The van der Waals surface area contributed by atoms with Gasteiger partial charge in [0, 0.05) is 23.3 Å². The Kier molecular flexibility index (Phi) is 2.86. The van der Waals surface area contributed by atoms with Gasteiger partial charge in [0.05, 0.1) is 0 Å². The molecular formula is C14H20N2O. The average Bonchev–Trinajstić information content (AvgIpc) is 2.51. The Morgan fingerprint density at radius 3 is 2.71 bits per heavy atom. The van der Waals surface area contributed by atoms with Crippen molar-refractivity contribution in [3.05, 3.63) is 29.8 Å². The van der Waals surface area contributed by atoms with Gasteiger partial charge in [-0.15, -0.1) is 0 Å². The number of amides is 1. The van der Waals surface area contributed by atoms with Crippen molar-refractivity contribution in [2.75, 3.05) is 12.3 Å². The Balaban J connectivity index is 2.26. The minimum absolute atomic E-state index is 0.0545. The van der Waals surface area contributed by atoms with Crippen molar-refractivity contribution >= 4 is 11.6 Å². The Morgan fingerprint density at radius 1 is 1.47 bits per heavy atom. The molecule has 1 heterocycles. The molecule has 0 aromatic heterocycles. The van der Waals surface area contributed by atoms with Crippen LogP contribution in [0.25, 0.3) is 0 Å². The molecule has 1 unspecified atom stereocenters. The van der Waals surface area contributed by atoms with Gasteiger partial charge in [-0.3, -0.25) is 4.79 Å². The van der Waals surface area contributed by atoms with Gasteiger partial charge in [-0.05, 0) is 44.4 Å². The predicted octanol–water partition coefficient (Wildman–Crippen LogP) is 2.53. The summed E-state index contributed by atoms with van der Waals surface area (Å²) in [6.07, 6.45) is 1.06. The van der Waals surface area contributed by atoms with E-state index in [1.54, 1.807) is 12.1 Å². The highest BCUT2D eigenvalue weighted by Gasteiger charge is 2.39. The van der Waals surface area contributed by atoms with E-state index < -0.39 is 0 Å². The van der Waals surface area contributed by atoms with Crippen LogP contribution in [0.2, 0.25) is 0 Å². The SMILES string of the molecule is CC1CN(C(=O)c2cccc(N)c2)C(C)(C)C1. The normalized spacial score (nSPS) is 22.8. The molecule has 1 saturated heterocycles. The van der Waals surface area contributed by atoms with Crippen molar-refractivity contribution in [1.82, 2.24) is 4.90 Å². The number of nitrogen functional groups attached to an aromatic ring is 1. The van der Waals surface area contributed by atoms with Crippen molar-refractivity contribution in [2.24, 2.45) is 5.92 Å². The lowest BCUT2D eigenvalue weighted by Gasteiger charge is -2.31. The first-order valence-electron chi connectivity index (χ1n) is 6.08. The van der Waals surface area contributed by atoms with E-state index >= 15 is 0 Å². The number of hydrogen-bond acceptors (Lipinski definition) is 2. The maximum Gasteiger partial charge on any atom is 0.254 e. The van der Waals surface area contributed by atoms with Gasteiger partial charge < -0.3 is 10.6 Å². The topological polar surface area (TPSA) is 46.3 Å². The largest absolute Gasteiger partial charge is 0.399 e. The quantitative estimate of drug-likeness (QED) is 0.756. The van der Waals surface area contributed by atoms with Crippen LogP contribution in [0, 0.1) is 5.92 Å². The van der Waals surface area contributed by atoms with Gasteiger partial charge in [0.1, 0.15) is 0 Å². The van der Waals surface area contributed by atoms with Gasteiger partial charge >= 0.3 is 0 Å². The van der Waals surface area contributed by atoms with Crippen LogP contribution in [0.15, 0.2) is 24.3 Å². The van der Waals surface area contributed by atoms with E-state index in [0.29, 0.717) is 17.2 Å². The summed E-state index contributed by atoms with van der Waals surface area (Å²) < 4.78 is 0. The fraction of sp³-hybridized carbons (Fsp3) is 0.500. The summed E-state index contributed by atoms with van der Waals surface area (Å²) in [6.45, 7) is 7.27. The number of likely N-dealkylation sites (tertiary alicyclic amines) is 1. The van der Waals surface area contributed by atoms with E-state index in [0.717, 1.165) is 13.0 Å². The molecule has 1 atom stereocenters. The maximum absolute atomic E-state index is 12.4. The number of benzene rings is 1. The summed E-state index contributed by atoms with van der Waals surface area (Å²) in [7, 11) is 0. The van der Waals surface area contributed by atoms with E-state index in [1.807, 2.05) is 17.0 Å². The molecule has 0 saturated carbocycles. The second-order valence-corrected chi connectivity index (χ2v) is 5.66. The minimum Gasteiger partial charge on any atom is -0.399 e. The van der Waals surface area contributed by atoms with Crippen LogP contribution in [0.3, 0.4) is 0 Å². The lowest BCUT2D eigenvalue weighted by Crippen LogP contribution is -2.42. The van der Waals surface area contributed by atoms with Crippen LogP contribution < -0.4 is 5.73 Å². The van der Waals surface area contributed by atoms with E-state index in [9.17, 15) is 4.79 Å². The smallest absolute Gasteiger partial charge is 0.254 e. The molecule has 1 aliphatic rings. The molecule has 0 spiro atoms.